The molecular weight excluding hydrogens is 240 g/mol. The van der Waals surface area contributed by atoms with Gasteiger partial charge in [0.15, 0.2) is 0 Å². The van der Waals surface area contributed by atoms with Crippen LogP contribution in [0.3, 0.4) is 0 Å². The van der Waals surface area contributed by atoms with E-state index in [4.69, 9.17) is 10.5 Å². The van der Waals surface area contributed by atoms with Gasteiger partial charge in [-0.05, 0) is 43.5 Å². The van der Waals surface area contributed by atoms with Gasteiger partial charge in [-0.2, -0.15) is 0 Å². The van der Waals surface area contributed by atoms with Gasteiger partial charge in [0.25, 0.3) is 5.91 Å². The van der Waals surface area contributed by atoms with E-state index in [1.54, 1.807) is 0 Å². The first-order valence-corrected chi connectivity index (χ1v) is 6.96. The molecule has 1 atom stereocenters. The first-order chi connectivity index (χ1) is 9.24. The minimum absolute atomic E-state index is 0.0814. The van der Waals surface area contributed by atoms with Crippen molar-refractivity contribution in [2.75, 3.05) is 26.2 Å². The summed E-state index contributed by atoms with van der Waals surface area (Å²) in [5.41, 5.74) is 6.36. The van der Waals surface area contributed by atoms with Crippen LogP contribution in [-0.2, 0) is 0 Å². The van der Waals surface area contributed by atoms with Crippen molar-refractivity contribution >= 4 is 5.91 Å². The molecule has 1 heterocycles. The normalized spacial score (nSPS) is 18.6. The minimum atomic E-state index is 0.0814. The van der Waals surface area contributed by atoms with Crippen molar-refractivity contribution in [3.63, 3.8) is 0 Å². The van der Waals surface area contributed by atoms with Crippen molar-refractivity contribution in [1.82, 2.24) is 4.90 Å². The third-order valence-corrected chi connectivity index (χ3v) is 3.46. The van der Waals surface area contributed by atoms with Gasteiger partial charge in [0.05, 0.1) is 6.61 Å². The van der Waals surface area contributed by atoms with Crippen LogP contribution in [0.15, 0.2) is 24.3 Å². The Morgan fingerprint density at radius 1 is 1.53 bits per heavy atom. The number of benzene rings is 1. The van der Waals surface area contributed by atoms with E-state index in [9.17, 15) is 4.79 Å². The summed E-state index contributed by atoms with van der Waals surface area (Å²) in [5, 5.41) is 0. The van der Waals surface area contributed by atoms with Gasteiger partial charge in [0.1, 0.15) is 5.75 Å². The molecule has 1 aliphatic heterocycles. The summed E-state index contributed by atoms with van der Waals surface area (Å²) in [6.45, 7) is 4.97. The van der Waals surface area contributed by atoms with E-state index in [1.807, 2.05) is 29.2 Å². The number of ether oxygens (including phenoxy) is 1. The Morgan fingerprint density at radius 2 is 2.37 bits per heavy atom. The number of rotatable bonds is 5. The Morgan fingerprint density at radius 3 is 3.05 bits per heavy atom. The second-order valence-corrected chi connectivity index (χ2v) is 5.02. The van der Waals surface area contributed by atoms with Crippen molar-refractivity contribution in [1.29, 1.82) is 0 Å². The van der Waals surface area contributed by atoms with Gasteiger partial charge < -0.3 is 15.4 Å². The number of likely N-dealkylation sites (tertiary alicyclic amines) is 1. The highest BCUT2D eigenvalue weighted by molar-refractivity contribution is 5.94. The zero-order chi connectivity index (χ0) is 13.7. The summed E-state index contributed by atoms with van der Waals surface area (Å²) in [6.07, 6.45) is 1.97. The molecule has 2 N–H and O–H groups in total. The van der Waals surface area contributed by atoms with E-state index in [1.165, 1.54) is 0 Å². The standard InChI is InChI=1S/C15H22N2O2/c1-2-8-19-14-5-3-4-13(9-14)15(18)17-7-6-12(10-16)11-17/h3-5,9,12H,2,6-8,10-11,16H2,1H3. The Labute approximate surface area is 114 Å². The Balaban J connectivity index is 2.02. The molecule has 1 aromatic carbocycles. The molecule has 19 heavy (non-hydrogen) atoms. The van der Waals surface area contributed by atoms with E-state index >= 15 is 0 Å². The number of amides is 1. The molecule has 2 rings (SSSR count). The number of hydrogen-bond donors (Lipinski definition) is 1. The topological polar surface area (TPSA) is 55.6 Å². The molecule has 0 bridgehead atoms. The lowest BCUT2D eigenvalue weighted by atomic mass is 10.1. The number of carbonyl (C=O) groups is 1. The highest BCUT2D eigenvalue weighted by Gasteiger charge is 2.26. The van der Waals surface area contributed by atoms with Gasteiger partial charge in [-0.3, -0.25) is 4.79 Å². The van der Waals surface area contributed by atoms with Crippen LogP contribution in [0.1, 0.15) is 30.1 Å². The van der Waals surface area contributed by atoms with E-state index in [0.29, 0.717) is 24.6 Å². The third kappa shape index (κ3) is 3.47. The maximum absolute atomic E-state index is 12.4. The molecule has 1 unspecified atom stereocenters. The van der Waals surface area contributed by atoms with Crippen LogP contribution in [-0.4, -0.2) is 37.0 Å². The van der Waals surface area contributed by atoms with E-state index < -0.39 is 0 Å². The maximum Gasteiger partial charge on any atom is 0.253 e. The molecule has 0 aromatic heterocycles. The summed E-state index contributed by atoms with van der Waals surface area (Å²) in [6, 6.07) is 7.43. The quantitative estimate of drug-likeness (QED) is 0.881. The molecule has 1 fully saturated rings. The molecule has 1 aliphatic rings. The van der Waals surface area contributed by atoms with Gasteiger partial charge in [0, 0.05) is 18.7 Å². The van der Waals surface area contributed by atoms with Crippen molar-refractivity contribution in [3.8, 4) is 5.75 Å². The van der Waals surface area contributed by atoms with Gasteiger partial charge in [-0.25, -0.2) is 0 Å². The summed E-state index contributed by atoms with van der Waals surface area (Å²) in [5.74, 6) is 1.30. The van der Waals surface area contributed by atoms with Gasteiger partial charge in [-0.1, -0.05) is 13.0 Å². The molecule has 1 aromatic rings. The van der Waals surface area contributed by atoms with Crippen LogP contribution >= 0.6 is 0 Å². The van der Waals surface area contributed by atoms with Crippen molar-refractivity contribution in [2.45, 2.75) is 19.8 Å². The van der Waals surface area contributed by atoms with Crippen molar-refractivity contribution in [2.24, 2.45) is 11.7 Å². The fraction of sp³-hybridized carbons (Fsp3) is 0.533. The van der Waals surface area contributed by atoms with E-state index in [2.05, 4.69) is 6.92 Å². The number of hydrogen-bond acceptors (Lipinski definition) is 3. The molecular formula is C15H22N2O2. The first kappa shape index (κ1) is 13.9. The van der Waals surface area contributed by atoms with Crippen LogP contribution < -0.4 is 10.5 Å². The molecule has 4 nitrogen and oxygen atoms in total. The third-order valence-electron chi connectivity index (χ3n) is 3.46. The Hall–Kier alpha value is -1.55. The van der Waals surface area contributed by atoms with Gasteiger partial charge >= 0.3 is 0 Å². The predicted octanol–water partition coefficient (Wildman–Crippen LogP) is 1.90. The number of nitrogens with zero attached hydrogens (tertiary/aromatic N) is 1. The zero-order valence-corrected chi connectivity index (χ0v) is 11.5. The second kappa shape index (κ2) is 6.57. The zero-order valence-electron chi connectivity index (χ0n) is 11.5. The van der Waals surface area contributed by atoms with Crippen LogP contribution in [0.5, 0.6) is 5.75 Å². The maximum atomic E-state index is 12.4. The highest BCUT2D eigenvalue weighted by atomic mass is 16.5. The van der Waals surface area contributed by atoms with Crippen LogP contribution in [0.4, 0.5) is 0 Å². The molecule has 0 saturated carbocycles. The van der Waals surface area contributed by atoms with E-state index in [-0.39, 0.29) is 5.91 Å². The summed E-state index contributed by atoms with van der Waals surface area (Å²) < 4.78 is 5.56. The highest BCUT2D eigenvalue weighted by Crippen LogP contribution is 2.20. The predicted molar refractivity (Wildman–Crippen MR) is 75.3 cm³/mol. The smallest absolute Gasteiger partial charge is 0.253 e. The monoisotopic (exact) mass is 262 g/mol. The SMILES string of the molecule is CCCOc1cccc(C(=O)N2CCC(CN)C2)c1. The van der Waals surface area contributed by atoms with Crippen LogP contribution in [0, 0.1) is 5.92 Å². The Bertz CT molecular complexity index is 434. The molecule has 4 heteroatoms. The second-order valence-electron chi connectivity index (χ2n) is 5.02. The summed E-state index contributed by atoms with van der Waals surface area (Å²) >= 11 is 0. The molecule has 1 amide bonds. The summed E-state index contributed by atoms with van der Waals surface area (Å²) in [4.78, 5) is 14.2. The Kier molecular flexibility index (Phi) is 4.80. The van der Waals surface area contributed by atoms with Crippen LogP contribution in [0.25, 0.3) is 0 Å². The number of carbonyl (C=O) groups excluding carboxylic acids is 1. The average Bonchev–Trinajstić information content (AvgIpc) is 2.93. The fourth-order valence-corrected chi connectivity index (χ4v) is 2.33. The molecule has 104 valence electrons. The lowest BCUT2D eigenvalue weighted by Crippen LogP contribution is -2.29. The van der Waals surface area contributed by atoms with Crippen molar-refractivity contribution in [3.05, 3.63) is 29.8 Å². The van der Waals surface area contributed by atoms with Gasteiger partial charge in [0.2, 0.25) is 0 Å². The molecule has 0 aliphatic carbocycles. The van der Waals surface area contributed by atoms with Crippen molar-refractivity contribution < 1.29 is 9.53 Å². The molecule has 1 saturated heterocycles. The largest absolute Gasteiger partial charge is 0.494 e. The average molecular weight is 262 g/mol. The van der Waals surface area contributed by atoms with Gasteiger partial charge in [-0.15, -0.1) is 0 Å². The lowest BCUT2D eigenvalue weighted by molar-refractivity contribution is 0.0787. The first-order valence-electron chi connectivity index (χ1n) is 6.96. The molecule has 0 radical (unpaired) electrons. The van der Waals surface area contributed by atoms with E-state index in [0.717, 1.165) is 31.7 Å². The molecule has 0 spiro atoms. The number of nitrogens with two attached hydrogens (primary N) is 1. The lowest BCUT2D eigenvalue weighted by Gasteiger charge is -2.16. The summed E-state index contributed by atoms with van der Waals surface area (Å²) in [7, 11) is 0. The minimum Gasteiger partial charge on any atom is -0.494 e. The fourth-order valence-electron chi connectivity index (χ4n) is 2.33. The van der Waals surface area contributed by atoms with Crippen LogP contribution in [0.2, 0.25) is 0 Å².